The predicted octanol–water partition coefficient (Wildman–Crippen LogP) is 4.11. The smallest absolute Gasteiger partial charge is 0.410 e. The van der Waals surface area contributed by atoms with E-state index >= 15 is 0 Å². The molecule has 1 fully saturated rings. The van der Waals surface area contributed by atoms with Crippen LogP contribution >= 0.6 is 0 Å². The minimum absolute atomic E-state index is 0.0444. The molecule has 2 amide bonds. The highest BCUT2D eigenvalue weighted by atomic mass is 19.1. The van der Waals surface area contributed by atoms with Crippen LogP contribution in [0.2, 0.25) is 0 Å². The maximum absolute atomic E-state index is 14.5. The number of nitrogens with two attached hydrogens (primary N) is 1. The third-order valence-electron chi connectivity index (χ3n) is 6.38. The fourth-order valence-electron chi connectivity index (χ4n) is 4.57. The lowest BCUT2D eigenvalue weighted by atomic mass is 10.0. The van der Waals surface area contributed by atoms with Gasteiger partial charge in [0.25, 0.3) is 5.91 Å². The van der Waals surface area contributed by atoms with E-state index in [1.807, 2.05) is 26.8 Å². The second-order valence-electron chi connectivity index (χ2n) is 10.5. The van der Waals surface area contributed by atoms with E-state index in [9.17, 15) is 14.0 Å². The summed E-state index contributed by atoms with van der Waals surface area (Å²) in [5.74, 6) is -1.02. The Morgan fingerprint density at radius 2 is 2.05 bits per heavy atom. The van der Waals surface area contributed by atoms with Crippen molar-refractivity contribution in [2.24, 2.45) is 4.99 Å². The van der Waals surface area contributed by atoms with Crippen LogP contribution in [-0.4, -0.2) is 71.3 Å². The van der Waals surface area contributed by atoms with Gasteiger partial charge in [-0.25, -0.2) is 14.2 Å². The molecule has 1 unspecified atom stereocenters. The van der Waals surface area contributed by atoms with Crippen LogP contribution in [0, 0.1) is 12.7 Å². The molecule has 2 aromatic heterocycles. The molecule has 3 N–H and O–H groups in total. The SMILES string of the molecule is CN=Cc1c(N2CCC(N(C)C(=O)OC(C)(C)C)C2)ccc(C(=O)Nc2cc(F)c3nc(C)cn3c2)c1N. The number of benzene rings is 1. The summed E-state index contributed by atoms with van der Waals surface area (Å²) in [6.45, 7) is 8.55. The summed E-state index contributed by atoms with van der Waals surface area (Å²) < 4.78 is 21.5. The number of aromatic nitrogens is 2. The fraction of sp³-hybridized carbons (Fsp3) is 0.407. The van der Waals surface area contributed by atoms with Gasteiger partial charge in [-0.1, -0.05) is 0 Å². The van der Waals surface area contributed by atoms with Crippen LogP contribution in [0.1, 0.15) is 48.8 Å². The highest BCUT2D eigenvalue weighted by Crippen LogP contribution is 2.32. The quantitative estimate of drug-likeness (QED) is 0.384. The first-order chi connectivity index (χ1) is 17.9. The number of fused-ring (bicyclic) bond motifs is 1. The average molecular weight is 524 g/mol. The number of hydrogen-bond donors (Lipinski definition) is 2. The molecule has 1 atom stereocenters. The van der Waals surface area contributed by atoms with E-state index in [0.717, 1.165) is 12.1 Å². The van der Waals surface area contributed by atoms with E-state index in [-0.39, 0.29) is 34.7 Å². The Bertz CT molecular complexity index is 1410. The molecule has 3 heterocycles. The van der Waals surface area contributed by atoms with Gasteiger partial charge in [0.2, 0.25) is 0 Å². The molecule has 1 aliphatic rings. The summed E-state index contributed by atoms with van der Waals surface area (Å²) in [7, 11) is 3.37. The number of hydrogen-bond acceptors (Lipinski definition) is 7. The van der Waals surface area contributed by atoms with Crippen molar-refractivity contribution in [2.75, 3.05) is 43.1 Å². The molecule has 202 valence electrons. The van der Waals surface area contributed by atoms with Crippen LogP contribution in [0.25, 0.3) is 5.65 Å². The van der Waals surface area contributed by atoms with Crippen molar-refractivity contribution in [3.63, 3.8) is 0 Å². The van der Waals surface area contributed by atoms with Gasteiger partial charge in [0.15, 0.2) is 11.5 Å². The zero-order chi connectivity index (χ0) is 27.8. The summed E-state index contributed by atoms with van der Waals surface area (Å²) in [6.07, 6.45) is 5.28. The van der Waals surface area contributed by atoms with Crippen molar-refractivity contribution in [3.05, 3.63) is 53.2 Å². The predicted molar refractivity (Wildman–Crippen MR) is 147 cm³/mol. The van der Waals surface area contributed by atoms with E-state index in [1.165, 1.54) is 10.5 Å². The number of likely N-dealkylation sites (N-methyl/N-ethyl adjacent to an activating group) is 1. The number of carbonyl (C=O) groups excluding carboxylic acids is 2. The zero-order valence-corrected chi connectivity index (χ0v) is 22.6. The number of anilines is 3. The Balaban J connectivity index is 1.55. The number of ether oxygens (including phenoxy) is 1. The summed E-state index contributed by atoms with van der Waals surface area (Å²) >= 11 is 0. The van der Waals surface area contributed by atoms with Crippen LogP contribution in [0.5, 0.6) is 0 Å². The van der Waals surface area contributed by atoms with Gasteiger partial charge < -0.3 is 30.0 Å². The Hall–Kier alpha value is -4.15. The Kier molecular flexibility index (Phi) is 7.30. The minimum Gasteiger partial charge on any atom is -0.444 e. The van der Waals surface area contributed by atoms with E-state index in [0.29, 0.717) is 24.3 Å². The van der Waals surface area contributed by atoms with Gasteiger partial charge in [0, 0.05) is 63.1 Å². The maximum atomic E-state index is 14.5. The van der Waals surface area contributed by atoms with Crippen molar-refractivity contribution in [2.45, 2.75) is 45.8 Å². The number of nitrogens with one attached hydrogen (secondary N) is 1. The van der Waals surface area contributed by atoms with Crippen LogP contribution < -0.4 is 16.0 Å². The number of aryl methyl sites for hydroxylation is 1. The molecule has 0 spiro atoms. The van der Waals surface area contributed by atoms with Gasteiger partial charge in [-0.2, -0.15) is 0 Å². The first kappa shape index (κ1) is 26.9. The largest absolute Gasteiger partial charge is 0.444 e. The molecule has 4 rings (SSSR count). The maximum Gasteiger partial charge on any atom is 0.410 e. The molecule has 0 bridgehead atoms. The standard InChI is InChI=1S/C27H34FN7O3/c1-16-13-35-14-17(11-21(28)24(35)31-16)32-25(36)19-7-8-22(20(12-30-5)23(19)29)34-10-9-18(15-34)33(6)26(37)38-27(2,3)4/h7-8,11-14,18H,9-10,15,29H2,1-6H3,(H,32,36). The molecular formula is C27H34FN7O3. The number of carbonyl (C=O) groups is 2. The summed E-state index contributed by atoms with van der Waals surface area (Å²) in [4.78, 5) is 37.7. The number of imidazole rings is 1. The van der Waals surface area contributed by atoms with Crippen molar-refractivity contribution in [1.29, 1.82) is 0 Å². The highest BCUT2D eigenvalue weighted by molar-refractivity contribution is 6.11. The van der Waals surface area contributed by atoms with E-state index in [1.54, 1.807) is 50.6 Å². The van der Waals surface area contributed by atoms with Crippen molar-refractivity contribution >= 4 is 40.9 Å². The van der Waals surface area contributed by atoms with Gasteiger partial charge in [-0.15, -0.1) is 0 Å². The average Bonchev–Trinajstić information content (AvgIpc) is 3.45. The monoisotopic (exact) mass is 523 g/mol. The Labute approximate surface area is 221 Å². The normalized spacial score (nSPS) is 15.9. The third-order valence-corrected chi connectivity index (χ3v) is 6.38. The zero-order valence-electron chi connectivity index (χ0n) is 22.6. The van der Waals surface area contributed by atoms with E-state index in [2.05, 4.69) is 20.2 Å². The van der Waals surface area contributed by atoms with E-state index < -0.39 is 17.3 Å². The molecule has 11 heteroatoms. The van der Waals surface area contributed by atoms with Crippen LogP contribution in [0.4, 0.5) is 26.2 Å². The van der Waals surface area contributed by atoms with Crippen LogP contribution in [0.15, 0.2) is 35.6 Å². The molecule has 38 heavy (non-hydrogen) atoms. The van der Waals surface area contributed by atoms with Crippen molar-refractivity contribution < 1.29 is 18.7 Å². The van der Waals surface area contributed by atoms with Crippen molar-refractivity contribution in [3.8, 4) is 0 Å². The molecule has 0 aliphatic carbocycles. The number of nitrogen functional groups attached to an aromatic ring is 1. The number of pyridine rings is 1. The molecule has 1 saturated heterocycles. The summed E-state index contributed by atoms with van der Waals surface area (Å²) in [5, 5.41) is 2.73. The van der Waals surface area contributed by atoms with E-state index in [4.69, 9.17) is 10.5 Å². The molecule has 1 aromatic carbocycles. The van der Waals surface area contributed by atoms with Crippen molar-refractivity contribution in [1.82, 2.24) is 14.3 Å². The van der Waals surface area contributed by atoms with Gasteiger partial charge in [0.05, 0.1) is 28.7 Å². The minimum atomic E-state index is -0.575. The molecular weight excluding hydrogens is 489 g/mol. The number of aliphatic imine (C=N–C) groups is 1. The molecule has 10 nitrogen and oxygen atoms in total. The Morgan fingerprint density at radius 3 is 2.74 bits per heavy atom. The molecule has 0 saturated carbocycles. The van der Waals surface area contributed by atoms with Gasteiger partial charge in [0.1, 0.15) is 5.60 Å². The number of rotatable bonds is 5. The van der Waals surface area contributed by atoms with Gasteiger partial charge >= 0.3 is 6.09 Å². The molecule has 0 radical (unpaired) electrons. The topological polar surface area (TPSA) is 118 Å². The molecule has 1 aliphatic heterocycles. The second kappa shape index (κ2) is 10.3. The number of halogens is 1. The second-order valence-corrected chi connectivity index (χ2v) is 10.5. The highest BCUT2D eigenvalue weighted by Gasteiger charge is 2.32. The number of nitrogens with zero attached hydrogens (tertiary/aromatic N) is 5. The first-order valence-corrected chi connectivity index (χ1v) is 12.4. The first-order valence-electron chi connectivity index (χ1n) is 12.4. The fourth-order valence-corrected chi connectivity index (χ4v) is 4.57. The summed E-state index contributed by atoms with van der Waals surface area (Å²) in [5.41, 5.74) is 8.95. The third kappa shape index (κ3) is 5.56. The lowest BCUT2D eigenvalue weighted by molar-refractivity contribution is 0.0237. The van der Waals surface area contributed by atoms with Crippen LogP contribution in [0.3, 0.4) is 0 Å². The lowest BCUT2D eigenvalue weighted by Gasteiger charge is -2.29. The lowest BCUT2D eigenvalue weighted by Crippen LogP contribution is -2.42. The van der Waals surface area contributed by atoms with Crippen LogP contribution in [-0.2, 0) is 4.74 Å². The van der Waals surface area contributed by atoms with Gasteiger partial charge in [-0.3, -0.25) is 9.79 Å². The Morgan fingerprint density at radius 1 is 1.32 bits per heavy atom. The van der Waals surface area contributed by atoms with Gasteiger partial charge in [-0.05, 0) is 46.2 Å². The number of amides is 2. The summed E-state index contributed by atoms with van der Waals surface area (Å²) in [6, 6.07) is 4.65. The molecule has 3 aromatic rings.